The van der Waals surface area contributed by atoms with E-state index in [-0.39, 0.29) is 34.0 Å². The molecule has 3 atom stereocenters. The predicted octanol–water partition coefficient (Wildman–Crippen LogP) is 5.03. The number of H-pyrrole nitrogens is 1. The van der Waals surface area contributed by atoms with Crippen LogP contribution in [0.1, 0.15) is 49.4 Å². The van der Waals surface area contributed by atoms with Gasteiger partial charge in [-0.3, -0.25) is 9.59 Å². The molecular formula is C27H28ClN3O5. The number of allylic oxidation sites excluding steroid dienone is 1. The Hall–Kier alpha value is -3.52. The number of ether oxygens (including phenoxy) is 3. The summed E-state index contributed by atoms with van der Waals surface area (Å²) in [6, 6.07) is 9.21. The number of para-hydroxylation sites is 2. The third kappa shape index (κ3) is 3.54. The summed E-state index contributed by atoms with van der Waals surface area (Å²) in [5, 5.41) is 3.63. The number of benzene rings is 2. The second-order valence-corrected chi connectivity index (χ2v) is 9.99. The predicted molar refractivity (Wildman–Crippen MR) is 136 cm³/mol. The minimum atomic E-state index is -1.70. The fourth-order valence-electron chi connectivity index (χ4n) is 5.10. The van der Waals surface area contributed by atoms with Crippen molar-refractivity contribution in [3.63, 3.8) is 0 Å². The number of carbonyl (C=O) groups excluding carboxylic acids is 2. The van der Waals surface area contributed by atoms with E-state index in [9.17, 15) is 9.59 Å². The van der Waals surface area contributed by atoms with Crippen LogP contribution in [0.25, 0.3) is 11.0 Å². The minimum Gasteiger partial charge on any atom is -0.496 e. The lowest BCUT2D eigenvalue weighted by atomic mass is 9.74. The van der Waals surface area contributed by atoms with Crippen molar-refractivity contribution in [3.05, 3.63) is 58.5 Å². The molecule has 9 heteroatoms. The van der Waals surface area contributed by atoms with E-state index < -0.39 is 23.1 Å². The standard InChI is InChI=1S/C27H28ClN3O5/c1-13(2)23(26-30-16-8-6-7-9-17(16)31-26)29-15-10-14(3)27(20(32)11-15)25(33)21-18(34-4)12-19(35-5)22(28)24(21)36-27/h6-9,11-14,23,29H,10H2,1-5H3,(H,30,31)/t14-,23+,27+/m1/s1. The number of fused-ring (bicyclic) bond motifs is 2. The van der Waals surface area contributed by atoms with Gasteiger partial charge in [0.15, 0.2) is 5.75 Å². The first kappa shape index (κ1) is 24.2. The van der Waals surface area contributed by atoms with Gasteiger partial charge in [0.1, 0.15) is 27.9 Å². The van der Waals surface area contributed by atoms with E-state index in [2.05, 4.69) is 24.1 Å². The molecule has 5 rings (SSSR count). The van der Waals surface area contributed by atoms with Crippen LogP contribution >= 0.6 is 11.6 Å². The van der Waals surface area contributed by atoms with E-state index in [0.29, 0.717) is 12.2 Å². The fourth-order valence-corrected chi connectivity index (χ4v) is 5.36. The summed E-state index contributed by atoms with van der Waals surface area (Å²) in [6.45, 7) is 6.01. The highest BCUT2D eigenvalue weighted by Crippen LogP contribution is 2.53. The summed E-state index contributed by atoms with van der Waals surface area (Å²) in [7, 11) is 2.90. The molecule has 0 unspecified atom stereocenters. The number of nitrogens with zero attached hydrogens (tertiary/aromatic N) is 1. The van der Waals surface area contributed by atoms with Gasteiger partial charge >= 0.3 is 0 Å². The molecule has 1 aliphatic heterocycles. The fraction of sp³-hybridized carbons (Fsp3) is 0.370. The largest absolute Gasteiger partial charge is 0.496 e. The van der Waals surface area contributed by atoms with Crippen LogP contribution in [0.2, 0.25) is 5.02 Å². The van der Waals surface area contributed by atoms with Crippen molar-refractivity contribution in [1.82, 2.24) is 15.3 Å². The molecule has 0 fully saturated rings. The van der Waals surface area contributed by atoms with Crippen molar-refractivity contribution in [1.29, 1.82) is 0 Å². The van der Waals surface area contributed by atoms with Gasteiger partial charge in [-0.2, -0.15) is 0 Å². The number of carbonyl (C=O) groups is 2. The molecule has 1 aromatic heterocycles. The third-order valence-electron chi connectivity index (χ3n) is 7.02. The Bertz CT molecular complexity index is 1380. The van der Waals surface area contributed by atoms with Gasteiger partial charge in [0, 0.05) is 23.8 Å². The maximum atomic E-state index is 13.7. The smallest absolute Gasteiger partial charge is 0.236 e. The number of Topliss-reactive ketones (excluding diaryl/α,β-unsaturated/α-hetero) is 1. The Balaban J connectivity index is 1.48. The number of aromatic amines is 1. The molecule has 36 heavy (non-hydrogen) atoms. The molecule has 1 aliphatic carbocycles. The maximum Gasteiger partial charge on any atom is 0.236 e. The molecule has 0 radical (unpaired) electrons. The molecule has 0 saturated heterocycles. The zero-order valence-corrected chi connectivity index (χ0v) is 21.5. The molecule has 2 N–H and O–H groups in total. The summed E-state index contributed by atoms with van der Waals surface area (Å²) >= 11 is 6.47. The van der Waals surface area contributed by atoms with Gasteiger partial charge in [0.25, 0.3) is 0 Å². The zero-order chi connectivity index (χ0) is 25.8. The van der Waals surface area contributed by atoms with Crippen molar-refractivity contribution < 1.29 is 23.8 Å². The molecule has 1 spiro atoms. The number of imidazole rings is 1. The Labute approximate surface area is 214 Å². The van der Waals surface area contributed by atoms with Crippen LogP contribution in [0.4, 0.5) is 0 Å². The molecule has 3 aromatic rings. The van der Waals surface area contributed by atoms with E-state index >= 15 is 0 Å². The lowest BCUT2D eigenvalue weighted by molar-refractivity contribution is -0.129. The quantitative estimate of drug-likeness (QED) is 0.449. The number of methoxy groups -OCH3 is 2. The van der Waals surface area contributed by atoms with Gasteiger partial charge in [-0.05, 0) is 24.5 Å². The molecule has 0 saturated carbocycles. The van der Waals surface area contributed by atoms with Crippen molar-refractivity contribution in [2.24, 2.45) is 11.8 Å². The number of halogens is 1. The monoisotopic (exact) mass is 509 g/mol. The van der Waals surface area contributed by atoms with Crippen molar-refractivity contribution in [2.75, 3.05) is 14.2 Å². The van der Waals surface area contributed by atoms with E-state index in [1.807, 2.05) is 31.2 Å². The molecule has 2 heterocycles. The van der Waals surface area contributed by atoms with Crippen LogP contribution in [0.15, 0.2) is 42.1 Å². The first-order valence-corrected chi connectivity index (χ1v) is 12.2. The van der Waals surface area contributed by atoms with Crippen LogP contribution in [0.5, 0.6) is 17.2 Å². The second-order valence-electron chi connectivity index (χ2n) is 9.61. The summed E-state index contributed by atoms with van der Waals surface area (Å²) in [6.07, 6.45) is 1.89. The normalized spacial score (nSPS) is 22.0. The van der Waals surface area contributed by atoms with Gasteiger partial charge in [0.2, 0.25) is 17.2 Å². The Morgan fingerprint density at radius 1 is 1.19 bits per heavy atom. The molecule has 0 bridgehead atoms. The lowest BCUT2D eigenvalue weighted by Crippen LogP contribution is -2.55. The van der Waals surface area contributed by atoms with Crippen molar-refractivity contribution >= 4 is 34.2 Å². The third-order valence-corrected chi connectivity index (χ3v) is 7.38. The number of ketones is 2. The Kier molecular flexibility index (Phi) is 5.95. The van der Waals surface area contributed by atoms with Crippen LogP contribution in [-0.4, -0.2) is 41.4 Å². The van der Waals surface area contributed by atoms with Crippen molar-refractivity contribution in [2.45, 2.75) is 38.8 Å². The SMILES string of the molecule is COc1cc(OC)c2c(c1Cl)O[C@@]1(C(=O)C=C(N[C@H](c3nc4ccccc4[nH]3)C(C)C)C[C@H]1C)C2=O. The van der Waals surface area contributed by atoms with Gasteiger partial charge in [-0.15, -0.1) is 0 Å². The average molecular weight is 510 g/mol. The van der Waals surface area contributed by atoms with Crippen LogP contribution < -0.4 is 19.5 Å². The van der Waals surface area contributed by atoms with Crippen LogP contribution in [0.3, 0.4) is 0 Å². The molecule has 188 valence electrons. The lowest BCUT2D eigenvalue weighted by Gasteiger charge is -2.36. The van der Waals surface area contributed by atoms with Crippen molar-refractivity contribution in [3.8, 4) is 17.2 Å². The summed E-state index contributed by atoms with van der Waals surface area (Å²) < 4.78 is 16.9. The molecule has 2 aliphatic rings. The van der Waals surface area contributed by atoms with Gasteiger partial charge in [0.05, 0.1) is 31.3 Å². The number of hydrogen-bond acceptors (Lipinski definition) is 7. The Morgan fingerprint density at radius 2 is 1.92 bits per heavy atom. The van der Waals surface area contributed by atoms with Gasteiger partial charge in [-0.1, -0.05) is 44.5 Å². The first-order chi connectivity index (χ1) is 17.2. The highest BCUT2D eigenvalue weighted by Gasteiger charge is 2.60. The second kappa shape index (κ2) is 8.85. The maximum absolute atomic E-state index is 13.7. The molecule has 0 amide bonds. The van der Waals surface area contributed by atoms with E-state index in [1.54, 1.807) is 0 Å². The first-order valence-electron chi connectivity index (χ1n) is 11.9. The summed E-state index contributed by atoms with van der Waals surface area (Å²) in [4.78, 5) is 35.4. The zero-order valence-electron chi connectivity index (χ0n) is 20.8. The topological polar surface area (TPSA) is 103 Å². The number of nitrogens with one attached hydrogen (secondary N) is 2. The summed E-state index contributed by atoms with van der Waals surface area (Å²) in [5.41, 5.74) is 1.01. The van der Waals surface area contributed by atoms with E-state index in [0.717, 1.165) is 22.6 Å². The molecule has 2 aromatic carbocycles. The highest BCUT2D eigenvalue weighted by atomic mass is 35.5. The van der Waals surface area contributed by atoms with E-state index in [4.69, 9.17) is 30.8 Å². The summed E-state index contributed by atoms with van der Waals surface area (Å²) in [5.74, 6) is 0.285. The average Bonchev–Trinajstić information content (AvgIpc) is 3.42. The van der Waals surface area contributed by atoms with Crippen LogP contribution in [0, 0.1) is 11.8 Å². The number of rotatable bonds is 6. The van der Waals surface area contributed by atoms with Gasteiger partial charge < -0.3 is 24.5 Å². The highest BCUT2D eigenvalue weighted by molar-refractivity contribution is 6.36. The van der Waals surface area contributed by atoms with E-state index in [1.165, 1.54) is 26.4 Å². The minimum absolute atomic E-state index is 0.116. The Morgan fingerprint density at radius 3 is 2.56 bits per heavy atom. The van der Waals surface area contributed by atoms with Gasteiger partial charge in [-0.25, -0.2) is 4.98 Å². The molecular weight excluding hydrogens is 482 g/mol. The molecule has 8 nitrogen and oxygen atoms in total. The number of aromatic nitrogens is 2. The van der Waals surface area contributed by atoms with Crippen LogP contribution in [-0.2, 0) is 4.79 Å². The number of hydrogen-bond donors (Lipinski definition) is 2.